The van der Waals surface area contributed by atoms with Crippen molar-refractivity contribution in [2.24, 2.45) is 0 Å². The third-order valence-corrected chi connectivity index (χ3v) is 3.75. The molecule has 1 aliphatic rings. The molecular weight excluding hydrogens is 308 g/mol. The molecule has 0 spiro atoms. The van der Waals surface area contributed by atoms with Crippen LogP contribution in [0.5, 0.6) is 0 Å². The summed E-state index contributed by atoms with van der Waals surface area (Å²) in [6.07, 6.45) is 0. The summed E-state index contributed by atoms with van der Waals surface area (Å²) in [6, 6.07) is 13.1. The van der Waals surface area contributed by atoms with Gasteiger partial charge in [-0.05, 0) is 30.3 Å². The predicted molar refractivity (Wildman–Crippen MR) is 88.2 cm³/mol. The van der Waals surface area contributed by atoms with Crippen molar-refractivity contribution >= 4 is 23.4 Å². The number of anilines is 1. The molecule has 0 aliphatic carbocycles. The van der Waals surface area contributed by atoms with Crippen LogP contribution < -0.4 is 10.2 Å². The topological polar surface area (TPSA) is 75.7 Å². The molecule has 1 N–H and O–H groups in total. The van der Waals surface area contributed by atoms with Gasteiger partial charge in [-0.25, -0.2) is 4.90 Å². The molecule has 122 valence electrons. The van der Waals surface area contributed by atoms with Crippen LogP contribution in [0.4, 0.5) is 5.69 Å². The smallest absolute Gasteiger partial charge is 0.266 e. The van der Waals surface area contributed by atoms with Crippen molar-refractivity contribution in [3.8, 4) is 0 Å². The maximum atomic E-state index is 12.5. The molecule has 0 radical (unpaired) electrons. The van der Waals surface area contributed by atoms with E-state index in [4.69, 9.17) is 4.74 Å². The molecule has 0 saturated heterocycles. The molecule has 3 amide bonds. The standard InChI is InChI=1S/C18H16N2O4/c1-24-10-9-19-16(21)12-5-4-6-13(11-12)20-17(22)14-7-2-3-8-15(14)18(20)23/h2-8,11H,9-10H2,1H3,(H,19,21). The van der Waals surface area contributed by atoms with E-state index in [1.807, 2.05) is 0 Å². The van der Waals surface area contributed by atoms with E-state index in [1.165, 1.54) is 6.07 Å². The summed E-state index contributed by atoms with van der Waals surface area (Å²) in [5.41, 5.74) is 1.50. The van der Waals surface area contributed by atoms with E-state index in [0.717, 1.165) is 4.90 Å². The third kappa shape index (κ3) is 2.79. The van der Waals surface area contributed by atoms with Gasteiger partial charge in [0.2, 0.25) is 0 Å². The fraction of sp³-hybridized carbons (Fsp3) is 0.167. The molecule has 0 fully saturated rings. The fourth-order valence-corrected chi connectivity index (χ4v) is 2.58. The molecule has 6 heteroatoms. The lowest BCUT2D eigenvalue weighted by Crippen LogP contribution is -2.30. The lowest BCUT2D eigenvalue weighted by atomic mass is 10.1. The molecule has 0 unspecified atom stereocenters. The molecule has 6 nitrogen and oxygen atoms in total. The Bertz CT molecular complexity index is 781. The minimum atomic E-state index is -0.382. The Kier molecular flexibility index (Phi) is 4.39. The second kappa shape index (κ2) is 6.64. The number of hydrogen-bond acceptors (Lipinski definition) is 4. The summed E-state index contributed by atoms with van der Waals surface area (Å²) >= 11 is 0. The van der Waals surface area contributed by atoms with Crippen molar-refractivity contribution < 1.29 is 19.1 Å². The molecule has 0 saturated carbocycles. The summed E-state index contributed by atoms with van der Waals surface area (Å²) in [7, 11) is 1.55. The van der Waals surface area contributed by atoms with Gasteiger partial charge >= 0.3 is 0 Å². The van der Waals surface area contributed by atoms with Crippen LogP contribution in [0, 0.1) is 0 Å². The van der Waals surface area contributed by atoms with E-state index < -0.39 is 0 Å². The molecule has 0 aromatic heterocycles. The van der Waals surface area contributed by atoms with Gasteiger partial charge in [-0.1, -0.05) is 18.2 Å². The largest absolute Gasteiger partial charge is 0.383 e. The summed E-state index contributed by atoms with van der Waals surface area (Å²) < 4.78 is 4.88. The lowest BCUT2D eigenvalue weighted by molar-refractivity contribution is 0.0916. The first-order valence-electron chi connectivity index (χ1n) is 7.48. The number of fused-ring (bicyclic) bond motifs is 1. The number of nitrogens with zero attached hydrogens (tertiary/aromatic N) is 1. The van der Waals surface area contributed by atoms with Gasteiger partial charge in [-0.2, -0.15) is 0 Å². The summed E-state index contributed by atoms with van der Waals surface area (Å²) in [6.45, 7) is 0.788. The Hall–Kier alpha value is -2.99. The van der Waals surface area contributed by atoms with E-state index in [9.17, 15) is 14.4 Å². The Balaban J connectivity index is 1.86. The number of methoxy groups -OCH3 is 1. The average Bonchev–Trinajstić information content (AvgIpc) is 2.86. The maximum absolute atomic E-state index is 12.5. The predicted octanol–water partition coefficient (Wildman–Crippen LogP) is 1.86. The van der Waals surface area contributed by atoms with Crippen LogP contribution in [-0.4, -0.2) is 38.0 Å². The number of carbonyl (C=O) groups excluding carboxylic acids is 3. The van der Waals surface area contributed by atoms with E-state index in [0.29, 0.717) is 35.5 Å². The number of hydrogen-bond donors (Lipinski definition) is 1. The Morgan fingerprint density at radius 3 is 2.33 bits per heavy atom. The van der Waals surface area contributed by atoms with Gasteiger partial charge in [0.25, 0.3) is 17.7 Å². The zero-order valence-electron chi connectivity index (χ0n) is 13.1. The first-order valence-corrected chi connectivity index (χ1v) is 7.48. The Morgan fingerprint density at radius 1 is 1.04 bits per heavy atom. The number of ether oxygens (including phenoxy) is 1. The van der Waals surface area contributed by atoms with Crippen molar-refractivity contribution in [3.05, 3.63) is 65.2 Å². The highest BCUT2D eigenvalue weighted by Crippen LogP contribution is 2.28. The van der Waals surface area contributed by atoms with Crippen molar-refractivity contribution in [2.45, 2.75) is 0 Å². The number of carbonyl (C=O) groups is 3. The van der Waals surface area contributed by atoms with Crippen LogP contribution >= 0.6 is 0 Å². The van der Waals surface area contributed by atoms with Crippen molar-refractivity contribution in [3.63, 3.8) is 0 Å². The van der Waals surface area contributed by atoms with Crippen LogP contribution in [0.1, 0.15) is 31.1 Å². The van der Waals surface area contributed by atoms with Gasteiger partial charge in [0, 0.05) is 19.2 Å². The zero-order chi connectivity index (χ0) is 17.1. The van der Waals surface area contributed by atoms with Crippen molar-refractivity contribution in [2.75, 3.05) is 25.2 Å². The molecule has 0 bridgehead atoms. The van der Waals surface area contributed by atoms with Crippen LogP contribution in [-0.2, 0) is 4.74 Å². The molecule has 3 rings (SSSR count). The SMILES string of the molecule is COCCNC(=O)c1cccc(N2C(=O)c3ccccc3C2=O)c1. The van der Waals surface area contributed by atoms with Crippen molar-refractivity contribution in [1.82, 2.24) is 5.32 Å². The number of rotatable bonds is 5. The molecule has 1 aliphatic heterocycles. The highest BCUT2D eigenvalue weighted by atomic mass is 16.5. The van der Waals surface area contributed by atoms with Gasteiger partial charge in [0.05, 0.1) is 23.4 Å². The summed E-state index contributed by atoms with van der Waals surface area (Å²) in [4.78, 5) is 38.2. The maximum Gasteiger partial charge on any atom is 0.266 e. The van der Waals surface area contributed by atoms with Crippen molar-refractivity contribution in [1.29, 1.82) is 0 Å². The molecule has 24 heavy (non-hydrogen) atoms. The number of imide groups is 1. The Morgan fingerprint density at radius 2 is 1.71 bits per heavy atom. The lowest BCUT2D eigenvalue weighted by Gasteiger charge is -2.15. The van der Waals surface area contributed by atoms with Gasteiger partial charge in [-0.15, -0.1) is 0 Å². The fourth-order valence-electron chi connectivity index (χ4n) is 2.58. The van der Waals surface area contributed by atoms with Crippen LogP contribution in [0.2, 0.25) is 0 Å². The number of benzene rings is 2. The Labute approximate surface area is 139 Å². The second-order valence-corrected chi connectivity index (χ2v) is 5.29. The zero-order valence-corrected chi connectivity index (χ0v) is 13.1. The van der Waals surface area contributed by atoms with Crippen LogP contribution in [0.3, 0.4) is 0 Å². The van der Waals surface area contributed by atoms with E-state index in [2.05, 4.69) is 5.32 Å². The molecule has 2 aromatic carbocycles. The third-order valence-electron chi connectivity index (χ3n) is 3.75. The normalized spacial score (nSPS) is 13.1. The van der Waals surface area contributed by atoms with Crippen LogP contribution in [0.25, 0.3) is 0 Å². The second-order valence-electron chi connectivity index (χ2n) is 5.29. The van der Waals surface area contributed by atoms with Gasteiger partial charge in [-0.3, -0.25) is 14.4 Å². The first kappa shape index (κ1) is 15.9. The molecule has 0 atom stereocenters. The molecule has 1 heterocycles. The monoisotopic (exact) mass is 324 g/mol. The average molecular weight is 324 g/mol. The van der Waals surface area contributed by atoms with E-state index >= 15 is 0 Å². The van der Waals surface area contributed by atoms with E-state index in [-0.39, 0.29) is 17.7 Å². The quantitative estimate of drug-likeness (QED) is 0.673. The van der Waals surface area contributed by atoms with Crippen LogP contribution in [0.15, 0.2) is 48.5 Å². The minimum Gasteiger partial charge on any atom is -0.383 e. The number of amides is 3. The molecule has 2 aromatic rings. The summed E-state index contributed by atoms with van der Waals surface area (Å²) in [5.74, 6) is -1.05. The highest BCUT2D eigenvalue weighted by Gasteiger charge is 2.36. The van der Waals surface area contributed by atoms with Gasteiger partial charge in [0.15, 0.2) is 0 Å². The first-order chi connectivity index (χ1) is 11.6. The van der Waals surface area contributed by atoms with E-state index in [1.54, 1.807) is 49.6 Å². The molecular formula is C18H16N2O4. The van der Waals surface area contributed by atoms with Gasteiger partial charge in [0.1, 0.15) is 0 Å². The highest BCUT2D eigenvalue weighted by molar-refractivity contribution is 6.34. The summed E-state index contributed by atoms with van der Waals surface area (Å²) in [5, 5.41) is 2.70. The number of nitrogens with one attached hydrogen (secondary N) is 1. The minimum absolute atomic E-state index is 0.287. The van der Waals surface area contributed by atoms with Gasteiger partial charge < -0.3 is 10.1 Å².